The zero-order valence-corrected chi connectivity index (χ0v) is 9.48. The van der Waals surface area contributed by atoms with Crippen molar-refractivity contribution in [3.63, 3.8) is 0 Å². The molecule has 82 valence electrons. The maximum absolute atomic E-state index is 3.58. The Morgan fingerprint density at radius 2 is 2.00 bits per heavy atom. The van der Waals surface area contributed by atoms with Crippen LogP contribution in [0.4, 0.5) is 0 Å². The molecule has 0 radical (unpaired) electrons. The van der Waals surface area contributed by atoms with Crippen LogP contribution in [0.15, 0.2) is 42.6 Å². The second-order valence-electron chi connectivity index (χ2n) is 4.42. The van der Waals surface area contributed by atoms with Crippen LogP contribution in [0.1, 0.15) is 22.9 Å². The number of aryl methyl sites for hydroxylation is 1. The first kappa shape index (κ1) is 9.67. The molecule has 0 saturated carbocycles. The monoisotopic (exact) mass is 212 g/mol. The standard InChI is InChI=1S/C14H16N2/c1-11-4-6-12(7-5-11)14-13-3-2-9-16(13)10-8-15-14/h2-7,9,14-15H,8,10H2,1H3. The third-order valence-corrected chi connectivity index (χ3v) is 3.27. The average Bonchev–Trinajstić information content (AvgIpc) is 2.78. The summed E-state index contributed by atoms with van der Waals surface area (Å²) in [6.07, 6.45) is 2.16. The fourth-order valence-electron chi connectivity index (χ4n) is 2.37. The molecule has 1 N–H and O–H groups in total. The van der Waals surface area contributed by atoms with Crippen molar-refractivity contribution >= 4 is 0 Å². The number of rotatable bonds is 1. The van der Waals surface area contributed by atoms with Crippen molar-refractivity contribution in [1.29, 1.82) is 0 Å². The van der Waals surface area contributed by atoms with E-state index in [2.05, 4.69) is 59.4 Å². The lowest BCUT2D eigenvalue weighted by Crippen LogP contribution is -2.33. The second kappa shape index (κ2) is 3.80. The highest BCUT2D eigenvalue weighted by Crippen LogP contribution is 2.25. The van der Waals surface area contributed by atoms with Gasteiger partial charge in [0.1, 0.15) is 0 Å². The van der Waals surface area contributed by atoms with Gasteiger partial charge in [-0.15, -0.1) is 0 Å². The first-order valence-corrected chi connectivity index (χ1v) is 5.79. The Kier molecular flexibility index (Phi) is 2.29. The van der Waals surface area contributed by atoms with Crippen molar-refractivity contribution in [2.75, 3.05) is 6.54 Å². The highest BCUT2D eigenvalue weighted by atomic mass is 15.1. The van der Waals surface area contributed by atoms with Crippen LogP contribution >= 0.6 is 0 Å². The third-order valence-electron chi connectivity index (χ3n) is 3.27. The molecule has 1 aliphatic heterocycles. The van der Waals surface area contributed by atoms with E-state index in [1.807, 2.05) is 0 Å². The highest BCUT2D eigenvalue weighted by molar-refractivity contribution is 5.31. The van der Waals surface area contributed by atoms with Crippen LogP contribution in [0, 0.1) is 6.92 Å². The topological polar surface area (TPSA) is 17.0 Å². The molecule has 0 saturated heterocycles. The number of nitrogens with zero attached hydrogens (tertiary/aromatic N) is 1. The Labute approximate surface area is 95.9 Å². The van der Waals surface area contributed by atoms with Crippen molar-refractivity contribution in [2.45, 2.75) is 19.5 Å². The number of fused-ring (bicyclic) bond motifs is 1. The Bertz CT molecular complexity index is 482. The van der Waals surface area contributed by atoms with E-state index in [0.717, 1.165) is 13.1 Å². The van der Waals surface area contributed by atoms with E-state index in [1.54, 1.807) is 0 Å². The molecule has 2 heteroatoms. The summed E-state index contributed by atoms with van der Waals surface area (Å²) in [5.41, 5.74) is 4.04. The highest BCUT2D eigenvalue weighted by Gasteiger charge is 2.20. The molecule has 0 amide bonds. The van der Waals surface area contributed by atoms with E-state index in [9.17, 15) is 0 Å². The maximum Gasteiger partial charge on any atom is 0.0731 e. The molecule has 2 aromatic rings. The van der Waals surface area contributed by atoms with Crippen LogP contribution in [0.5, 0.6) is 0 Å². The van der Waals surface area contributed by atoms with Crippen LogP contribution in [-0.2, 0) is 6.54 Å². The molecule has 2 nitrogen and oxygen atoms in total. The van der Waals surface area contributed by atoms with E-state index in [0.29, 0.717) is 6.04 Å². The summed E-state index contributed by atoms with van der Waals surface area (Å²) in [5, 5.41) is 3.58. The zero-order valence-electron chi connectivity index (χ0n) is 9.48. The largest absolute Gasteiger partial charge is 0.348 e. The Morgan fingerprint density at radius 3 is 2.81 bits per heavy atom. The number of aromatic nitrogens is 1. The van der Waals surface area contributed by atoms with Crippen molar-refractivity contribution < 1.29 is 0 Å². The van der Waals surface area contributed by atoms with Crippen molar-refractivity contribution in [3.8, 4) is 0 Å². The minimum atomic E-state index is 0.351. The van der Waals surface area contributed by atoms with Gasteiger partial charge in [0.15, 0.2) is 0 Å². The fourth-order valence-corrected chi connectivity index (χ4v) is 2.37. The maximum atomic E-state index is 3.58. The van der Waals surface area contributed by atoms with E-state index in [1.165, 1.54) is 16.8 Å². The van der Waals surface area contributed by atoms with Gasteiger partial charge in [-0.1, -0.05) is 29.8 Å². The normalized spacial score (nSPS) is 19.4. The molecule has 2 heterocycles. The number of nitrogens with one attached hydrogen (secondary N) is 1. The average molecular weight is 212 g/mol. The van der Waals surface area contributed by atoms with Crippen molar-refractivity contribution in [3.05, 3.63) is 59.4 Å². The summed E-state index contributed by atoms with van der Waals surface area (Å²) in [6.45, 7) is 4.24. The molecule has 1 atom stereocenters. The SMILES string of the molecule is Cc1ccc(C2NCCn3cccc32)cc1. The van der Waals surface area contributed by atoms with Crippen LogP contribution in [0.25, 0.3) is 0 Å². The lowest BCUT2D eigenvalue weighted by molar-refractivity contribution is 0.467. The predicted octanol–water partition coefficient (Wildman–Crippen LogP) is 2.49. The quantitative estimate of drug-likeness (QED) is 0.768. The Balaban J connectivity index is 2.00. The molecule has 1 aromatic heterocycles. The Morgan fingerprint density at radius 1 is 1.19 bits per heavy atom. The van der Waals surface area contributed by atoms with Crippen LogP contribution in [-0.4, -0.2) is 11.1 Å². The van der Waals surface area contributed by atoms with Gasteiger partial charge >= 0.3 is 0 Å². The van der Waals surface area contributed by atoms with Gasteiger partial charge in [0.05, 0.1) is 6.04 Å². The third kappa shape index (κ3) is 1.55. The number of benzene rings is 1. The summed E-state index contributed by atoms with van der Waals surface area (Å²) in [6, 6.07) is 13.5. The molecule has 0 bridgehead atoms. The predicted molar refractivity (Wildman–Crippen MR) is 65.5 cm³/mol. The first-order valence-electron chi connectivity index (χ1n) is 5.79. The van der Waals surface area contributed by atoms with Crippen LogP contribution in [0.2, 0.25) is 0 Å². The lowest BCUT2D eigenvalue weighted by atomic mass is 10.0. The van der Waals surface area contributed by atoms with Gasteiger partial charge in [-0.05, 0) is 24.6 Å². The molecule has 1 aromatic carbocycles. The first-order chi connectivity index (χ1) is 7.84. The van der Waals surface area contributed by atoms with E-state index in [-0.39, 0.29) is 0 Å². The van der Waals surface area contributed by atoms with Crippen LogP contribution < -0.4 is 5.32 Å². The van der Waals surface area contributed by atoms with E-state index >= 15 is 0 Å². The fraction of sp³-hybridized carbons (Fsp3) is 0.286. The van der Waals surface area contributed by atoms with Gasteiger partial charge in [-0.3, -0.25) is 0 Å². The molecular formula is C14H16N2. The minimum absolute atomic E-state index is 0.351. The summed E-state index contributed by atoms with van der Waals surface area (Å²) < 4.78 is 2.33. The molecule has 0 aliphatic carbocycles. The molecule has 1 unspecified atom stereocenters. The molecule has 3 rings (SSSR count). The van der Waals surface area contributed by atoms with E-state index < -0.39 is 0 Å². The molecular weight excluding hydrogens is 196 g/mol. The summed E-state index contributed by atoms with van der Waals surface area (Å²) >= 11 is 0. The van der Waals surface area contributed by atoms with Gasteiger partial charge < -0.3 is 9.88 Å². The van der Waals surface area contributed by atoms with Gasteiger partial charge in [0, 0.05) is 25.0 Å². The number of hydrogen-bond acceptors (Lipinski definition) is 1. The lowest BCUT2D eigenvalue weighted by Gasteiger charge is -2.26. The smallest absolute Gasteiger partial charge is 0.0731 e. The molecule has 0 spiro atoms. The molecule has 0 fully saturated rings. The summed E-state index contributed by atoms with van der Waals surface area (Å²) in [7, 11) is 0. The second-order valence-corrected chi connectivity index (χ2v) is 4.42. The summed E-state index contributed by atoms with van der Waals surface area (Å²) in [4.78, 5) is 0. The summed E-state index contributed by atoms with van der Waals surface area (Å²) in [5.74, 6) is 0. The van der Waals surface area contributed by atoms with Crippen molar-refractivity contribution in [2.24, 2.45) is 0 Å². The Hall–Kier alpha value is -1.54. The number of hydrogen-bond donors (Lipinski definition) is 1. The zero-order chi connectivity index (χ0) is 11.0. The van der Waals surface area contributed by atoms with Gasteiger partial charge in [0.2, 0.25) is 0 Å². The van der Waals surface area contributed by atoms with E-state index in [4.69, 9.17) is 0 Å². The van der Waals surface area contributed by atoms with Crippen LogP contribution in [0.3, 0.4) is 0 Å². The minimum Gasteiger partial charge on any atom is -0.348 e. The van der Waals surface area contributed by atoms with Gasteiger partial charge in [-0.2, -0.15) is 0 Å². The van der Waals surface area contributed by atoms with Gasteiger partial charge in [-0.25, -0.2) is 0 Å². The van der Waals surface area contributed by atoms with Gasteiger partial charge in [0.25, 0.3) is 0 Å². The van der Waals surface area contributed by atoms with Crippen molar-refractivity contribution in [1.82, 2.24) is 9.88 Å². The molecule has 16 heavy (non-hydrogen) atoms. The molecule has 1 aliphatic rings.